The fourth-order valence-corrected chi connectivity index (χ4v) is 1.55. The molecule has 3 rings (SSSR count). The van der Waals surface area contributed by atoms with Crippen molar-refractivity contribution < 1.29 is 0 Å². The highest BCUT2D eigenvalue weighted by Crippen LogP contribution is 2.19. The first-order chi connectivity index (χ1) is 6.84. The van der Waals surface area contributed by atoms with Crippen LogP contribution >= 0.6 is 0 Å². The van der Waals surface area contributed by atoms with Gasteiger partial charge in [-0.25, -0.2) is 9.98 Å². The quantitative estimate of drug-likeness (QED) is 0.640. The van der Waals surface area contributed by atoms with Crippen LogP contribution in [0.3, 0.4) is 0 Å². The third-order valence-electron chi connectivity index (χ3n) is 2.12. The maximum absolute atomic E-state index is 7.60. The van der Waals surface area contributed by atoms with Gasteiger partial charge in [0.05, 0.1) is 17.2 Å². The first-order valence-corrected chi connectivity index (χ1v) is 4.20. The van der Waals surface area contributed by atoms with Gasteiger partial charge in [0.25, 0.3) is 0 Å². The van der Waals surface area contributed by atoms with Gasteiger partial charge < -0.3 is 10.7 Å². The Morgan fingerprint density at radius 2 is 2.29 bits per heavy atom. The summed E-state index contributed by atoms with van der Waals surface area (Å²) < 4.78 is 1.87. The summed E-state index contributed by atoms with van der Waals surface area (Å²) >= 11 is 0. The van der Waals surface area contributed by atoms with Crippen molar-refractivity contribution in [2.75, 3.05) is 5.32 Å². The van der Waals surface area contributed by atoms with Gasteiger partial charge in [0.2, 0.25) is 5.95 Å². The topological polar surface area (TPSA) is 65.5 Å². The number of pyridine rings is 1. The van der Waals surface area contributed by atoms with Crippen LogP contribution in [0.15, 0.2) is 29.4 Å². The second kappa shape index (κ2) is 2.41. The summed E-state index contributed by atoms with van der Waals surface area (Å²) in [5.74, 6) is 1.46. The molecule has 0 fully saturated rings. The summed E-state index contributed by atoms with van der Waals surface area (Å²) in [6.45, 7) is 0. The molecule has 5 nitrogen and oxygen atoms in total. The number of anilines is 1. The molecular weight excluding hydrogens is 178 g/mol. The molecule has 0 aliphatic carbocycles. The molecule has 0 saturated carbocycles. The van der Waals surface area contributed by atoms with Gasteiger partial charge in [-0.2, -0.15) is 0 Å². The van der Waals surface area contributed by atoms with Crippen LogP contribution in [0.4, 0.5) is 11.8 Å². The Balaban J connectivity index is 2.59. The SMILES string of the molecule is N=c1cc2n3c(nccc3c1)N=CN2. The molecule has 68 valence electrons. The van der Waals surface area contributed by atoms with Crippen molar-refractivity contribution in [3.63, 3.8) is 0 Å². The summed E-state index contributed by atoms with van der Waals surface area (Å²) in [5.41, 5.74) is 0.918. The number of aliphatic imine (C=N–C) groups is 1. The third-order valence-corrected chi connectivity index (χ3v) is 2.12. The lowest BCUT2D eigenvalue weighted by atomic mass is 10.3. The lowest BCUT2D eigenvalue weighted by Gasteiger charge is -2.13. The second-order valence-electron chi connectivity index (χ2n) is 3.04. The zero-order chi connectivity index (χ0) is 9.54. The molecule has 0 amide bonds. The van der Waals surface area contributed by atoms with Crippen molar-refractivity contribution in [3.05, 3.63) is 29.8 Å². The molecule has 3 heterocycles. The van der Waals surface area contributed by atoms with E-state index >= 15 is 0 Å². The van der Waals surface area contributed by atoms with Gasteiger partial charge in [-0.15, -0.1) is 0 Å². The molecule has 0 radical (unpaired) electrons. The Morgan fingerprint density at radius 3 is 3.21 bits per heavy atom. The second-order valence-corrected chi connectivity index (χ2v) is 3.04. The van der Waals surface area contributed by atoms with Crippen molar-refractivity contribution in [1.82, 2.24) is 9.38 Å². The zero-order valence-corrected chi connectivity index (χ0v) is 7.23. The first-order valence-electron chi connectivity index (χ1n) is 4.20. The van der Waals surface area contributed by atoms with E-state index < -0.39 is 0 Å². The molecule has 0 bridgehead atoms. The molecule has 2 aromatic heterocycles. The zero-order valence-electron chi connectivity index (χ0n) is 7.23. The van der Waals surface area contributed by atoms with Crippen LogP contribution in [-0.2, 0) is 0 Å². The highest BCUT2D eigenvalue weighted by Gasteiger charge is 2.07. The summed E-state index contributed by atoms with van der Waals surface area (Å²) in [7, 11) is 0. The molecular formula is C9H7N5. The van der Waals surface area contributed by atoms with Gasteiger partial charge in [0.15, 0.2) is 0 Å². The number of hydrogen-bond acceptors (Lipinski definition) is 4. The van der Waals surface area contributed by atoms with Crippen LogP contribution in [0.25, 0.3) is 5.52 Å². The minimum Gasteiger partial charge on any atom is -0.332 e. The van der Waals surface area contributed by atoms with E-state index in [1.807, 2.05) is 10.5 Å². The molecule has 1 aliphatic heterocycles. The Morgan fingerprint density at radius 1 is 1.36 bits per heavy atom. The average molecular weight is 185 g/mol. The van der Waals surface area contributed by atoms with Crippen LogP contribution in [0, 0.1) is 5.41 Å². The molecule has 0 spiro atoms. The van der Waals surface area contributed by atoms with Gasteiger partial charge in [0, 0.05) is 12.3 Å². The smallest absolute Gasteiger partial charge is 0.237 e. The fourth-order valence-electron chi connectivity index (χ4n) is 1.55. The lowest BCUT2D eigenvalue weighted by Crippen LogP contribution is -2.13. The Hall–Kier alpha value is -2.17. The van der Waals surface area contributed by atoms with E-state index in [1.165, 1.54) is 0 Å². The minimum atomic E-state index is 0.472. The van der Waals surface area contributed by atoms with Crippen molar-refractivity contribution in [2.45, 2.75) is 0 Å². The van der Waals surface area contributed by atoms with E-state index in [-0.39, 0.29) is 0 Å². The van der Waals surface area contributed by atoms with Gasteiger partial charge in [0.1, 0.15) is 5.82 Å². The van der Waals surface area contributed by atoms with E-state index in [1.54, 1.807) is 24.7 Å². The number of aromatic nitrogens is 2. The molecule has 1 aliphatic rings. The number of hydrogen-bond donors (Lipinski definition) is 2. The monoisotopic (exact) mass is 185 g/mol. The fraction of sp³-hybridized carbons (Fsp3) is 0. The number of nitrogens with zero attached hydrogens (tertiary/aromatic N) is 3. The van der Waals surface area contributed by atoms with Crippen LogP contribution in [0.1, 0.15) is 0 Å². The highest BCUT2D eigenvalue weighted by molar-refractivity contribution is 5.80. The van der Waals surface area contributed by atoms with E-state index in [9.17, 15) is 0 Å². The van der Waals surface area contributed by atoms with Gasteiger partial charge >= 0.3 is 0 Å². The van der Waals surface area contributed by atoms with Crippen molar-refractivity contribution in [2.24, 2.45) is 4.99 Å². The summed E-state index contributed by atoms with van der Waals surface area (Å²) in [5, 5.41) is 11.0. The Labute approximate surface area is 79.3 Å². The molecule has 2 aromatic rings. The van der Waals surface area contributed by atoms with Crippen LogP contribution in [-0.4, -0.2) is 15.7 Å². The predicted octanol–water partition coefficient (Wildman–Crippen LogP) is 0.899. The summed E-state index contributed by atoms with van der Waals surface area (Å²) in [4.78, 5) is 8.23. The van der Waals surface area contributed by atoms with Crippen LogP contribution < -0.4 is 10.7 Å². The average Bonchev–Trinajstić information content (AvgIpc) is 2.18. The van der Waals surface area contributed by atoms with Crippen molar-refractivity contribution >= 4 is 23.6 Å². The molecule has 0 saturated heterocycles. The van der Waals surface area contributed by atoms with E-state index in [2.05, 4.69) is 15.3 Å². The highest BCUT2D eigenvalue weighted by atomic mass is 15.2. The number of rotatable bonds is 0. The third kappa shape index (κ3) is 0.861. The summed E-state index contributed by atoms with van der Waals surface area (Å²) in [6.07, 6.45) is 3.27. The van der Waals surface area contributed by atoms with Crippen molar-refractivity contribution in [3.8, 4) is 0 Å². The molecule has 0 aromatic carbocycles. The van der Waals surface area contributed by atoms with E-state index in [4.69, 9.17) is 5.41 Å². The van der Waals surface area contributed by atoms with Gasteiger partial charge in [-0.1, -0.05) is 0 Å². The predicted molar refractivity (Wildman–Crippen MR) is 52.8 cm³/mol. The van der Waals surface area contributed by atoms with Crippen molar-refractivity contribution in [1.29, 1.82) is 5.41 Å². The lowest BCUT2D eigenvalue weighted by molar-refractivity contribution is 1.04. The Bertz CT molecular complexity index is 596. The normalized spacial score (nSPS) is 12.9. The maximum atomic E-state index is 7.60. The minimum absolute atomic E-state index is 0.472. The van der Waals surface area contributed by atoms with E-state index in [0.717, 1.165) is 11.3 Å². The largest absolute Gasteiger partial charge is 0.332 e. The summed E-state index contributed by atoms with van der Waals surface area (Å²) in [6, 6.07) is 5.37. The molecule has 5 heteroatoms. The van der Waals surface area contributed by atoms with Gasteiger partial charge in [-0.05, 0) is 12.1 Å². The first kappa shape index (κ1) is 7.25. The van der Waals surface area contributed by atoms with Crippen LogP contribution in [0.2, 0.25) is 0 Å². The van der Waals surface area contributed by atoms with Gasteiger partial charge in [-0.3, -0.25) is 4.40 Å². The molecule has 2 N–H and O–H groups in total. The molecule has 0 unspecified atom stereocenters. The van der Waals surface area contributed by atoms with Crippen LogP contribution in [0.5, 0.6) is 0 Å². The van der Waals surface area contributed by atoms with E-state index in [0.29, 0.717) is 11.3 Å². The number of nitrogens with one attached hydrogen (secondary N) is 2. The molecule has 14 heavy (non-hydrogen) atoms. The maximum Gasteiger partial charge on any atom is 0.237 e. The Kier molecular flexibility index (Phi) is 1.25. The molecule has 0 atom stereocenters. The standard InChI is InChI=1S/C9H7N5/c10-6-3-7-1-2-11-9-13-5-12-8(4-6)14(7)9/h1-5,10H,(H,11,12,13).